The fourth-order valence-electron chi connectivity index (χ4n) is 1.93. The van der Waals surface area contributed by atoms with E-state index in [-0.39, 0.29) is 6.10 Å². The second-order valence-electron chi connectivity index (χ2n) is 4.85. The topological polar surface area (TPSA) is 23.5 Å². The predicted octanol–water partition coefficient (Wildman–Crippen LogP) is 3.76. The third-order valence-corrected chi connectivity index (χ3v) is 3.13. The fourth-order valence-corrected chi connectivity index (χ4v) is 1.93. The maximum atomic E-state index is 10.0. The van der Waals surface area contributed by atoms with E-state index in [2.05, 4.69) is 24.0 Å². The Kier molecular flexibility index (Phi) is 6.06. The quantitative estimate of drug-likeness (QED) is 0.727. The van der Waals surface area contributed by atoms with Crippen molar-refractivity contribution < 1.29 is 5.11 Å². The van der Waals surface area contributed by atoms with E-state index in [9.17, 15) is 5.11 Å². The lowest BCUT2D eigenvalue weighted by Crippen LogP contribution is -2.08. The van der Waals surface area contributed by atoms with Crippen LogP contribution in [-0.2, 0) is 0 Å². The Morgan fingerprint density at radius 2 is 1.71 bits per heavy atom. The van der Waals surface area contributed by atoms with Crippen LogP contribution in [0.1, 0.15) is 50.7 Å². The maximum absolute atomic E-state index is 10.0. The minimum absolute atomic E-state index is 0.303. The van der Waals surface area contributed by atoms with Crippen LogP contribution >= 0.6 is 0 Å². The lowest BCUT2D eigenvalue weighted by Gasteiger charge is -2.15. The van der Waals surface area contributed by atoms with Gasteiger partial charge < -0.3 is 10.0 Å². The first-order valence-electron chi connectivity index (χ1n) is 6.60. The molecule has 17 heavy (non-hydrogen) atoms. The molecule has 2 heteroatoms. The second kappa shape index (κ2) is 7.33. The lowest BCUT2D eigenvalue weighted by molar-refractivity contribution is 0.163. The van der Waals surface area contributed by atoms with E-state index < -0.39 is 0 Å². The van der Waals surface area contributed by atoms with Gasteiger partial charge in [0.25, 0.3) is 0 Å². The van der Waals surface area contributed by atoms with Crippen LogP contribution in [0.5, 0.6) is 0 Å². The highest BCUT2D eigenvalue weighted by Gasteiger charge is 2.07. The molecule has 0 aliphatic carbocycles. The number of unbranched alkanes of at least 4 members (excludes halogenated alkanes) is 3. The van der Waals surface area contributed by atoms with Crippen LogP contribution in [0.3, 0.4) is 0 Å². The van der Waals surface area contributed by atoms with Gasteiger partial charge in [0.05, 0.1) is 6.10 Å². The average Bonchev–Trinajstić information content (AvgIpc) is 2.34. The number of nitrogens with zero attached hydrogens (tertiary/aromatic N) is 1. The molecule has 1 N–H and O–H groups in total. The largest absolute Gasteiger partial charge is 0.388 e. The number of hydrogen-bond donors (Lipinski definition) is 1. The van der Waals surface area contributed by atoms with Crippen LogP contribution in [0.25, 0.3) is 0 Å². The van der Waals surface area contributed by atoms with Crippen LogP contribution in [0.2, 0.25) is 0 Å². The molecule has 0 aromatic heterocycles. The van der Waals surface area contributed by atoms with Crippen LogP contribution in [0.4, 0.5) is 5.69 Å². The summed E-state index contributed by atoms with van der Waals surface area (Å²) in [5.74, 6) is 0. The summed E-state index contributed by atoms with van der Waals surface area (Å²) in [6.07, 6.45) is 5.43. The SMILES string of the molecule is CCCCCCC(O)c1ccc(N(C)C)cc1. The number of benzene rings is 1. The van der Waals surface area contributed by atoms with E-state index in [4.69, 9.17) is 0 Å². The monoisotopic (exact) mass is 235 g/mol. The number of rotatable bonds is 7. The molecule has 0 aliphatic heterocycles. The molecule has 0 spiro atoms. The standard InChI is InChI=1S/C15H25NO/c1-4-5-6-7-8-15(17)13-9-11-14(12-10-13)16(2)3/h9-12,15,17H,4-8H2,1-3H3. The Morgan fingerprint density at radius 3 is 2.24 bits per heavy atom. The van der Waals surface area contributed by atoms with Crippen molar-refractivity contribution in [2.75, 3.05) is 19.0 Å². The van der Waals surface area contributed by atoms with Gasteiger partial charge in [-0.15, -0.1) is 0 Å². The molecule has 0 aliphatic rings. The number of anilines is 1. The van der Waals surface area contributed by atoms with Gasteiger partial charge in [0.15, 0.2) is 0 Å². The Bertz CT molecular complexity index is 305. The molecule has 0 fully saturated rings. The summed E-state index contributed by atoms with van der Waals surface area (Å²) in [6, 6.07) is 8.18. The molecule has 1 aromatic rings. The van der Waals surface area contributed by atoms with Gasteiger partial charge in [0, 0.05) is 19.8 Å². The first-order valence-corrected chi connectivity index (χ1v) is 6.60. The smallest absolute Gasteiger partial charge is 0.0790 e. The zero-order chi connectivity index (χ0) is 12.7. The molecule has 2 nitrogen and oxygen atoms in total. The molecule has 96 valence electrons. The van der Waals surface area contributed by atoms with E-state index in [1.54, 1.807) is 0 Å². The van der Waals surface area contributed by atoms with E-state index in [0.29, 0.717) is 0 Å². The molecule has 0 amide bonds. The molecular formula is C15H25NO. The third-order valence-electron chi connectivity index (χ3n) is 3.13. The highest BCUT2D eigenvalue weighted by molar-refractivity contribution is 5.46. The van der Waals surface area contributed by atoms with E-state index in [1.807, 2.05) is 26.2 Å². The van der Waals surface area contributed by atoms with Crippen molar-refractivity contribution in [1.82, 2.24) is 0 Å². The Balaban J connectivity index is 2.43. The number of hydrogen-bond acceptors (Lipinski definition) is 2. The molecule has 0 radical (unpaired) electrons. The molecular weight excluding hydrogens is 210 g/mol. The van der Waals surface area contributed by atoms with Crippen LogP contribution in [0, 0.1) is 0 Å². The summed E-state index contributed by atoms with van der Waals surface area (Å²) in [4.78, 5) is 2.07. The number of aliphatic hydroxyl groups excluding tert-OH is 1. The minimum atomic E-state index is -0.303. The van der Waals surface area contributed by atoms with Crippen molar-refractivity contribution in [2.24, 2.45) is 0 Å². The van der Waals surface area contributed by atoms with Gasteiger partial charge in [0.1, 0.15) is 0 Å². The summed E-state index contributed by atoms with van der Waals surface area (Å²) in [7, 11) is 4.05. The minimum Gasteiger partial charge on any atom is -0.388 e. The maximum Gasteiger partial charge on any atom is 0.0790 e. The van der Waals surface area contributed by atoms with Crippen molar-refractivity contribution in [2.45, 2.75) is 45.1 Å². The fraction of sp³-hybridized carbons (Fsp3) is 0.600. The van der Waals surface area contributed by atoms with Crippen molar-refractivity contribution in [1.29, 1.82) is 0 Å². The molecule has 0 heterocycles. The van der Waals surface area contributed by atoms with Crippen molar-refractivity contribution >= 4 is 5.69 Å². The molecule has 0 saturated heterocycles. The Hall–Kier alpha value is -1.02. The highest BCUT2D eigenvalue weighted by atomic mass is 16.3. The molecule has 1 rings (SSSR count). The average molecular weight is 235 g/mol. The van der Waals surface area contributed by atoms with Crippen molar-refractivity contribution in [3.8, 4) is 0 Å². The molecule has 0 saturated carbocycles. The van der Waals surface area contributed by atoms with Gasteiger partial charge in [-0.05, 0) is 24.1 Å². The number of aliphatic hydroxyl groups is 1. The Morgan fingerprint density at radius 1 is 1.06 bits per heavy atom. The third kappa shape index (κ3) is 4.78. The Labute approximate surface area is 105 Å². The summed E-state index contributed by atoms with van der Waals surface area (Å²) in [5.41, 5.74) is 2.21. The predicted molar refractivity (Wildman–Crippen MR) is 74.5 cm³/mol. The van der Waals surface area contributed by atoms with E-state index in [0.717, 1.165) is 18.4 Å². The van der Waals surface area contributed by atoms with Gasteiger partial charge >= 0.3 is 0 Å². The van der Waals surface area contributed by atoms with Crippen molar-refractivity contribution in [3.05, 3.63) is 29.8 Å². The van der Waals surface area contributed by atoms with Gasteiger partial charge in [-0.3, -0.25) is 0 Å². The van der Waals surface area contributed by atoms with Gasteiger partial charge in [-0.25, -0.2) is 0 Å². The molecule has 1 aromatic carbocycles. The first-order chi connectivity index (χ1) is 8.15. The zero-order valence-corrected chi connectivity index (χ0v) is 11.3. The lowest BCUT2D eigenvalue weighted by atomic mass is 10.0. The molecule has 0 bridgehead atoms. The van der Waals surface area contributed by atoms with Gasteiger partial charge in [-0.2, -0.15) is 0 Å². The van der Waals surface area contributed by atoms with Crippen LogP contribution < -0.4 is 4.90 Å². The zero-order valence-electron chi connectivity index (χ0n) is 11.3. The summed E-state index contributed by atoms with van der Waals surface area (Å²) < 4.78 is 0. The van der Waals surface area contributed by atoms with E-state index >= 15 is 0 Å². The van der Waals surface area contributed by atoms with E-state index in [1.165, 1.54) is 24.9 Å². The van der Waals surface area contributed by atoms with Crippen LogP contribution in [-0.4, -0.2) is 19.2 Å². The second-order valence-corrected chi connectivity index (χ2v) is 4.85. The van der Waals surface area contributed by atoms with Gasteiger partial charge in [0.2, 0.25) is 0 Å². The molecule has 1 atom stereocenters. The van der Waals surface area contributed by atoms with Crippen molar-refractivity contribution in [3.63, 3.8) is 0 Å². The normalized spacial score (nSPS) is 12.5. The van der Waals surface area contributed by atoms with Gasteiger partial charge in [-0.1, -0.05) is 44.7 Å². The summed E-state index contributed by atoms with van der Waals surface area (Å²) in [6.45, 7) is 2.20. The summed E-state index contributed by atoms with van der Waals surface area (Å²) >= 11 is 0. The summed E-state index contributed by atoms with van der Waals surface area (Å²) in [5, 5.41) is 10.0. The molecule has 1 unspecified atom stereocenters. The first kappa shape index (κ1) is 14.0. The van der Waals surface area contributed by atoms with Crippen LogP contribution in [0.15, 0.2) is 24.3 Å². The highest BCUT2D eigenvalue weighted by Crippen LogP contribution is 2.22.